The van der Waals surface area contributed by atoms with Crippen molar-refractivity contribution in [2.24, 2.45) is 5.92 Å². The number of carbonyl (C=O) groups excluding carboxylic acids is 3. The molecule has 0 fully saturated rings. The lowest BCUT2D eigenvalue weighted by Gasteiger charge is -2.26. The molecule has 0 spiro atoms. The van der Waals surface area contributed by atoms with E-state index in [2.05, 4.69) is 18.5 Å². The predicted octanol–water partition coefficient (Wildman–Crippen LogP) is 4.74. The van der Waals surface area contributed by atoms with Crippen LogP contribution in [-0.2, 0) is 25.7 Å². The van der Waals surface area contributed by atoms with Crippen LogP contribution in [0.15, 0.2) is 86.0 Å². The van der Waals surface area contributed by atoms with E-state index in [1.165, 1.54) is 0 Å². The highest BCUT2D eigenvalue weighted by molar-refractivity contribution is 5.86. The van der Waals surface area contributed by atoms with E-state index in [1.54, 1.807) is 11.0 Å². The van der Waals surface area contributed by atoms with Crippen molar-refractivity contribution in [3.05, 3.63) is 97.1 Å². The quantitative estimate of drug-likeness (QED) is 0.168. The number of esters is 1. The molecular formula is C31H40N2O5. The van der Waals surface area contributed by atoms with Gasteiger partial charge in [-0.05, 0) is 36.8 Å². The molecule has 0 heterocycles. The molecule has 2 amide bonds. The highest BCUT2D eigenvalue weighted by atomic mass is 16.5. The Morgan fingerprint density at radius 2 is 1.66 bits per heavy atom. The van der Waals surface area contributed by atoms with Gasteiger partial charge >= 0.3 is 5.97 Å². The van der Waals surface area contributed by atoms with Gasteiger partial charge in [0.25, 0.3) is 0 Å². The minimum Gasteiger partial charge on any atom is -0.463 e. The molecule has 0 aromatic heterocycles. The molecule has 0 saturated heterocycles. The molecule has 2 atom stereocenters. The number of hydrogen-bond acceptors (Lipinski definition) is 5. The van der Waals surface area contributed by atoms with Crippen molar-refractivity contribution in [1.82, 2.24) is 10.2 Å². The van der Waals surface area contributed by atoms with E-state index < -0.39 is 12.0 Å². The second kappa shape index (κ2) is 17.7. The van der Waals surface area contributed by atoms with E-state index in [0.717, 1.165) is 24.0 Å². The summed E-state index contributed by atoms with van der Waals surface area (Å²) in [7, 11) is 0. The zero-order valence-electron chi connectivity index (χ0n) is 22.1. The van der Waals surface area contributed by atoms with Crippen molar-refractivity contribution in [1.29, 1.82) is 0 Å². The van der Waals surface area contributed by atoms with Gasteiger partial charge in [-0.3, -0.25) is 14.4 Å². The lowest BCUT2D eigenvalue weighted by Crippen LogP contribution is -2.40. The van der Waals surface area contributed by atoms with Crippen molar-refractivity contribution in [2.75, 3.05) is 19.8 Å². The third-order valence-corrected chi connectivity index (χ3v) is 6.15. The Labute approximate surface area is 226 Å². The molecule has 0 radical (unpaired) electrons. The van der Waals surface area contributed by atoms with Crippen LogP contribution < -0.4 is 5.32 Å². The minimum absolute atomic E-state index is 0.00452. The number of nitrogens with one attached hydrogen (secondary N) is 1. The molecule has 0 saturated carbocycles. The largest absolute Gasteiger partial charge is 0.463 e. The van der Waals surface area contributed by atoms with Crippen molar-refractivity contribution >= 4 is 17.8 Å². The molecule has 0 aliphatic carbocycles. The van der Waals surface area contributed by atoms with E-state index in [1.807, 2.05) is 66.7 Å². The SMILES string of the molecule is C=CCCCCC(=O)OC[C@H](NC(=O)[C@@H](CC=C)CC(=O)N(CCO)Cc1ccccc1)c1ccccc1. The lowest BCUT2D eigenvalue weighted by molar-refractivity contribution is -0.145. The van der Waals surface area contributed by atoms with Crippen LogP contribution in [0.4, 0.5) is 0 Å². The standard InChI is InChI=1S/C31H40N2O5/c1-3-5-6-13-19-30(36)38-24-28(26-17-11-8-12-18-26)32-31(37)27(14-4-2)22-29(35)33(20-21-34)23-25-15-9-7-10-16-25/h3-4,7-12,15-18,27-28,34H,1-2,5-6,13-14,19-24H2,(H,32,37)/t27-,28-/m0/s1. The maximum absolute atomic E-state index is 13.4. The topological polar surface area (TPSA) is 95.9 Å². The number of nitrogens with zero attached hydrogens (tertiary/aromatic N) is 1. The molecule has 7 nitrogen and oxygen atoms in total. The lowest BCUT2D eigenvalue weighted by atomic mass is 9.98. The second-order valence-electron chi connectivity index (χ2n) is 9.14. The number of hydrogen-bond donors (Lipinski definition) is 2. The van der Waals surface area contributed by atoms with Crippen LogP contribution in [0.25, 0.3) is 0 Å². The average Bonchev–Trinajstić information content (AvgIpc) is 2.93. The zero-order chi connectivity index (χ0) is 27.6. The van der Waals surface area contributed by atoms with E-state index in [4.69, 9.17) is 4.74 Å². The zero-order valence-corrected chi connectivity index (χ0v) is 22.1. The fourth-order valence-electron chi connectivity index (χ4n) is 4.04. The molecule has 0 bridgehead atoms. The van der Waals surface area contributed by atoms with Crippen molar-refractivity contribution in [3.63, 3.8) is 0 Å². The molecular weight excluding hydrogens is 480 g/mol. The number of aliphatic hydroxyl groups excluding tert-OH is 1. The number of amides is 2. The van der Waals surface area contributed by atoms with Gasteiger partial charge in [-0.1, -0.05) is 72.8 Å². The average molecular weight is 521 g/mol. The Bertz CT molecular complexity index is 1010. The maximum Gasteiger partial charge on any atom is 0.305 e. The fourth-order valence-corrected chi connectivity index (χ4v) is 4.04. The third-order valence-electron chi connectivity index (χ3n) is 6.15. The summed E-state index contributed by atoms with van der Waals surface area (Å²) in [6, 6.07) is 18.3. The molecule has 7 heteroatoms. The summed E-state index contributed by atoms with van der Waals surface area (Å²) in [5, 5.41) is 12.5. The van der Waals surface area contributed by atoms with Crippen molar-refractivity contribution in [3.8, 4) is 0 Å². The first kappa shape index (κ1) is 30.5. The highest BCUT2D eigenvalue weighted by Crippen LogP contribution is 2.19. The summed E-state index contributed by atoms with van der Waals surface area (Å²) in [5.74, 6) is -1.52. The number of benzene rings is 2. The Kier molecular flexibility index (Phi) is 14.2. The maximum atomic E-state index is 13.4. The summed E-state index contributed by atoms with van der Waals surface area (Å²) in [6.07, 6.45) is 6.44. The van der Waals surface area contributed by atoms with Crippen LogP contribution in [0.2, 0.25) is 0 Å². The van der Waals surface area contributed by atoms with Crippen molar-refractivity contribution < 1.29 is 24.2 Å². The normalized spacial score (nSPS) is 12.1. The Balaban J connectivity index is 2.07. The van der Waals surface area contributed by atoms with Gasteiger partial charge in [-0.2, -0.15) is 0 Å². The van der Waals surface area contributed by atoms with Crippen LogP contribution in [-0.4, -0.2) is 47.5 Å². The van der Waals surface area contributed by atoms with Gasteiger partial charge in [0.15, 0.2) is 0 Å². The Hall–Kier alpha value is -3.71. The van der Waals surface area contributed by atoms with Gasteiger partial charge in [-0.15, -0.1) is 13.2 Å². The number of unbranched alkanes of at least 4 members (excludes halogenated alkanes) is 2. The van der Waals surface area contributed by atoms with E-state index in [-0.39, 0.29) is 44.0 Å². The third kappa shape index (κ3) is 11.1. The van der Waals surface area contributed by atoms with E-state index in [0.29, 0.717) is 25.8 Å². The van der Waals surface area contributed by atoms with Gasteiger partial charge in [0, 0.05) is 25.9 Å². The predicted molar refractivity (Wildman–Crippen MR) is 149 cm³/mol. The summed E-state index contributed by atoms with van der Waals surface area (Å²) in [4.78, 5) is 40.3. The van der Waals surface area contributed by atoms with Crippen LogP contribution >= 0.6 is 0 Å². The first-order valence-corrected chi connectivity index (χ1v) is 13.1. The monoisotopic (exact) mass is 520 g/mol. The second-order valence-corrected chi connectivity index (χ2v) is 9.14. The van der Waals surface area contributed by atoms with Gasteiger partial charge < -0.3 is 20.1 Å². The summed E-state index contributed by atoms with van der Waals surface area (Å²) in [6.45, 7) is 7.78. The van der Waals surface area contributed by atoms with Crippen LogP contribution in [0.3, 0.4) is 0 Å². The Morgan fingerprint density at radius 3 is 2.29 bits per heavy atom. The molecule has 2 aromatic carbocycles. The van der Waals surface area contributed by atoms with E-state index in [9.17, 15) is 19.5 Å². The smallest absolute Gasteiger partial charge is 0.305 e. The first-order chi connectivity index (χ1) is 18.5. The molecule has 0 aliphatic rings. The highest BCUT2D eigenvalue weighted by Gasteiger charge is 2.27. The Morgan fingerprint density at radius 1 is 0.974 bits per heavy atom. The molecule has 38 heavy (non-hydrogen) atoms. The number of allylic oxidation sites excluding steroid dienone is 2. The minimum atomic E-state index is -0.655. The number of rotatable bonds is 18. The molecule has 2 N–H and O–H groups in total. The number of ether oxygens (including phenoxy) is 1. The van der Waals surface area contributed by atoms with Crippen LogP contribution in [0.5, 0.6) is 0 Å². The molecule has 2 rings (SSSR count). The molecule has 0 aliphatic heterocycles. The van der Waals surface area contributed by atoms with E-state index >= 15 is 0 Å². The molecule has 204 valence electrons. The first-order valence-electron chi connectivity index (χ1n) is 13.1. The van der Waals surface area contributed by atoms with Gasteiger partial charge in [0.2, 0.25) is 11.8 Å². The number of carbonyl (C=O) groups is 3. The van der Waals surface area contributed by atoms with Gasteiger partial charge in [-0.25, -0.2) is 0 Å². The van der Waals surface area contributed by atoms with Crippen molar-refractivity contribution in [2.45, 2.75) is 51.1 Å². The number of aliphatic hydroxyl groups is 1. The van der Waals surface area contributed by atoms with Gasteiger partial charge in [0.05, 0.1) is 18.6 Å². The molecule has 0 unspecified atom stereocenters. The molecule has 2 aromatic rings. The summed E-state index contributed by atoms with van der Waals surface area (Å²) in [5.41, 5.74) is 1.74. The van der Waals surface area contributed by atoms with Gasteiger partial charge in [0.1, 0.15) is 6.61 Å². The fraction of sp³-hybridized carbons (Fsp3) is 0.387. The van der Waals surface area contributed by atoms with Crippen LogP contribution in [0.1, 0.15) is 55.7 Å². The van der Waals surface area contributed by atoms with Crippen LogP contribution in [0, 0.1) is 5.92 Å². The summed E-state index contributed by atoms with van der Waals surface area (Å²) < 4.78 is 5.49. The summed E-state index contributed by atoms with van der Waals surface area (Å²) >= 11 is 0.